The van der Waals surface area contributed by atoms with E-state index < -0.39 is 34.6 Å². The average Bonchev–Trinajstić information content (AvgIpc) is 3.69. The Morgan fingerprint density at radius 3 is 1.89 bits per heavy atom. The van der Waals surface area contributed by atoms with Crippen LogP contribution < -0.4 is 39.4 Å². The fourth-order valence-electron chi connectivity index (χ4n) is 8.50. The molecule has 3 N–H and O–H groups in total. The maximum Gasteiger partial charge on any atom is 0.288 e. The fraction of sp³-hybridized carbons (Fsp3) is 0.366. The number of nitrogens with one attached hydrogen (secondary N) is 2. The Balaban J connectivity index is 0.962. The summed E-state index contributed by atoms with van der Waals surface area (Å²) in [5.74, 6) is 0.719. The molecule has 4 aromatic rings. The molecule has 0 spiro atoms. The van der Waals surface area contributed by atoms with Crippen LogP contribution in [0, 0.1) is 0 Å². The van der Waals surface area contributed by atoms with Crippen LogP contribution in [0.5, 0.6) is 23.0 Å². The van der Waals surface area contributed by atoms with Gasteiger partial charge in [0, 0.05) is 48.5 Å². The molecule has 0 saturated carbocycles. The van der Waals surface area contributed by atoms with Gasteiger partial charge in [0.25, 0.3) is 21.9 Å². The van der Waals surface area contributed by atoms with E-state index in [1.165, 1.54) is 31.3 Å². The fourth-order valence-corrected chi connectivity index (χ4v) is 11.7. The molecule has 4 aromatic carbocycles. The van der Waals surface area contributed by atoms with Crippen molar-refractivity contribution in [2.24, 2.45) is 0 Å². The summed E-state index contributed by atoms with van der Waals surface area (Å²) in [4.78, 5) is 31.1. The number of hydrogen-bond acceptors (Lipinski definition) is 11. The topological polar surface area (TPSA) is 173 Å². The summed E-state index contributed by atoms with van der Waals surface area (Å²) in [5.41, 5.74) is 4.87. The zero-order valence-electron chi connectivity index (χ0n) is 31.9. The van der Waals surface area contributed by atoms with Crippen molar-refractivity contribution in [2.45, 2.75) is 43.6 Å². The van der Waals surface area contributed by atoms with Gasteiger partial charge in [-0.25, -0.2) is 0 Å². The quantitative estimate of drug-likeness (QED) is 0.104. The van der Waals surface area contributed by atoms with Gasteiger partial charge in [0.15, 0.2) is 28.4 Å². The first kappa shape index (κ1) is 38.6. The van der Waals surface area contributed by atoms with Crippen molar-refractivity contribution >= 4 is 51.8 Å². The number of carbonyl (C=O) groups is 2. The third-order valence-corrected chi connectivity index (χ3v) is 15.6. The second-order valence-corrected chi connectivity index (χ2v) is 19.7. The highest BCUT2D eigenvalue weighted by Crippen LogP contribution is 2.48. The number of rotatable bonds is 13. The molecule has 0 fully saturated rings. The molecule has 2 amide bonds. The van der Waals surface area contributed by atoms with E-state index in [0.717, 1.165) is 23.2 Å². The minimum absolute atomic E-state index is 0.0196. The molecular weight excluding hydrogens is 772 g/mol. The Bertz CT molecular complexity index is 2410. The number of hydrogen-bond donors (Lipinski definition) is 3. The molecule has 0 bridgehead atoms. The summed E-state index contributed by atoms with van der Waals surface area (Å²) in [6, 6.07) is 20.6. The van der Waals surface area contributed by atoms with E-state index in [4.69, 9.17) is 18.9 Å². The molecule has 4 aliphatic rings. The van der Waals surface area contributed by atoms with Gasteiger partial charge in [-0.3, -0.25) is 14.1 Å². The van der Waals surface area contributed by atoms with Crippen LogP contribution in [0.15, 0.2) is 72.8 Å². The van der Waals surface area contributed by atoms with E-state index in [1.54, 1.807) is 24.3 Å². The number of ether oxygens (including phenoxy) is 4. The molecule has 4 heterocycles. The molecule has 14 nitrogen and oxygen atoms in total. The SMILES string of the molecule is CCCP(=O)(CCOc1cc2c(cc1OC)C(=O)N1c3ccccc3C[C@H]1CN2)CCOc1cc2c(cc1OC)C(=O)N1c3ccccc3C[C@H]1C(S(=O)(=O)O)N2. The zero-order valence-corrected chi connectivity index (χ0v) is 33.6. The minimum Gasteiger partial charge on any atom is -0.493 e. The Morgan fingerprint density at radius 2 is 1.30 bits per heavy atom. The van der Waals surface area contributed by atoms with Crippen LogP contribution in [0.25, 0.3) is 0 Å². The van der Waals surface area contributed by atoms with Gasteiger partial charge < -0.3 is 43.9 Å². The van der Waals surface area contributed by atoms with Crippen LogP contribution in [-0.4, -0.2) is 94.7 Å². The van der Waals surface area contributed by atoms with Crippen LogP contribution in [0.4, 0.5) is 22.7 Å². The van der Waals surface area contributed by atoms with E-state index in [9.17, 15) is 27.1 Å². The average molecular weight is 817 g/mol. The van der Waals surface area contributed by atoms with E-state index in [0.29, 0.717) is 47.6 Å². The van der Waals surface area contributed by atoms with Gasteiger partial charge in [-0.05, 0) is 54.7 Å². The summed E-state index contributed by atoms with van der Waals surface area (Å²) in [5, 5.41) is 4.83. The molecule has 0 aromatic heterocycles. The maximum atomic E-state index is 14.3. The second kappa shape index (κ2) is 15.3. The monoisotopic (exact) mass is 816 g/mol. The summed E-state index contributed by atoms with van der Waals surface area (Å²) in [6.07, 6.45) is 2.61. The Hall–Kier alpha value is -5.24. The number of nitrogens with zero attached hydrogens (tertiary/aromatic N) is 2. The summed E-state index contributed by atoms with van der Waals surface area (Å²) < 4.78 is 73.6. The third-order valence-electron chi connectivity index (χ3n) is 11.2. The van der Waals surface area contributed by atoms with E-state index in [-0.39, 0.29) is 66.7 Å². The van der Waals surface area contributed by atoms with Gasteiger partial charge in [0.2, 0.25) is 0 Å². The summed E-state index contributed by atoms with van der Waals surface area (Å²) in [7, 11) is -4.55. The van der Waals surface area contributed by atoms with Crippen molar-refractivity contribution in [3.63, 3.8) is 0 Å². The molecular formula is C41H45N4O10PS. The van der Waals surface area contributed by atoms with Crippen LogP contribution in [0.2, 0.25) is 0 Å². The van der Waals surface area contributed by atoms with Crippen molar-refractivity contribution in [3.05, 3.63) is 95.1 Å². The first-order valence-electron chi connectivity index (χ1n) is 19.0. The number of amides is 2. The van der Waals surface area contributed by atoms with E-state index in [1.807, 2.05) is 42.2 Å². The molecule has 4 atom stereocenters. The molecule has 0 radical (unpaired) electrons. The number of methoxy groups -OCH3 is 2. The predicted molar refractivity (Wildman–Crippen MR) is 218 cm³/mol. The second-order valence-electron chi connectivity index (χ2n) is 14.7. The largest absolute Gasteiger partial charge is 0.493 e. The summed E-state index contributed by atoms with van der Waals surface area (Å²) >= 11 is 0. The van der Waals surface area contributed by atoms with Gasteiger partial charge in [0.05, 0.1) is 69.2 Å². The molecule has 0 saturated heterocycles. The Morgan fingerprint density at radius 1 is 0.754 bits per heavy atom. The molecule has 16 heteroatoms. The normalized spacial score (nSPS) is 20.2. The van der Waals surface area contributed by atoms with Crippen LogP contribution in [0.3, 0.4) is 0 Å². The van der Waals surface area contributed by atoms with E-state index in [2.05, 4.69) is 16.7 Å². The number of para-hydroxylation sites is 2. The highest BCUT2D eigenvalue weighted by molar-refractivity contribution is 7.86. The van der Waals surface area contributed by atoms with Crippen molar-refractivity contribution < 1.29 is 46.1 Å². The smallest absolute Gasteiger partial charge is 0.288 e. The van der Waals surface area contributed by atoms with Crippen molar-refractivity contribution in [2.75, 3.05) is 72.9 Å². The van der Waals surface area contributed by atoms with Gasteiger partial charge in [-0.2, -0.15) is 8.42 Å². The van der Waals surface area contributed by atoms with Crippen LogP contribution in [0.1, 0.15) is 45.2 Å². The Kier molecular flexibility index (Phi) is 10.3. The van der Waals surface area contributed by atoms with Gasteiger partial charge in [-0.15, -0.1) is 0 Å². The maximum absolute atomic E-state index is 14.3. The lowest BCUT2D eigenvalue weighted by Crippen LogP contribution is -2.49. The lowest BCUT2D eigenvalue weighted by atomic mass is 10.1. The third kappa shape index (κ3) is 7.17. The minimum atomic E-state index is -4.67. The van der Waals surface area contributed by atoms with Crippen LogP contribution in [-0.2, 0) is 27.5 Å². The number of anilines is 4. The molecule has 4 aliphatic heterocycles. The predicted octanol–water partition coefficient (Wildman–Crippen LogP) is 6.14. The van der Waals surface area contributed by atoms with E-state index >= 15 is 0 Å². The molecule has 2 unspecified atom stereocenters. The Labute approximate surface area is 331 Å². The highest BCUT2D eigenvalue weighted by atomic mass is 32.2. The van der Waals surface area contributed by atoms with Crippen molar-refractivity contribution in [1.29, 1.82) is 0 Å². The number of fused-ring (bicyclic) bond motifs is 8. The van der Waals surface area contributed by atoms with Crippen molar-refractivity contribution in [1.82, 2.24) is 0 Å². The summed E-state index contributed by atoms with van der Waals surface area (Å²) in [6.45, 7) is 2.71. The number of carbonyl (C=O) groups excluding carboxylic acids is 2. The molecule has 8 rings (SSSR count). The molecule has 300 valence electrons. The van der Waals surface area contributed by atoms with Crippen LogP contribution >= 0.6 is 7.14 Å². The molecule has 57 heavy (non-hydrogen) atoms. The van der Waals surface area contributed by atoms with Gasteiger partial charge in [0.1, 0.15) is 0 Å². The lowest BCUT2D eigenvalue weighted by Gasteiger charge is -2.27. The van der Waals surface area contributed by atoms with Gasteiger partial charge in [-0.1, -0.05) is 43.3 Å². The molecule has 0 aliphatic carbocycles. The first-order valence-corrected chi connectivity index (χ1v) is 22.8. The first-order chi connectivity index (χ1) is 27.4. The lowest BCUT2D eigenvalue weighted by molar-refractivity contribution is 0.0974. The van der Waals surface area contributed by atoms with Gasteiger partial charge >= 0.3 is 0 Å². The number of benzene rings is 4. The standard InChI is InChI=1S/C41H45N4O10PS/c1-4-15-56(48,16-13-54-37-22-30-28(20-35(37)52-2)40(46)44-27(24-42-30)18-25-9-5-7-11-32(25)44)17-14-55-38-23-31-29(21-36(38)53-3)41(47)45-33-12-8-6-10-26(33)19-34(45)39(43-31)57(49,50)51/h5-12,20-23,27,34,39,42-43H,4,13-19,24H2,1-3H3,(H,49,50,51)/t27-,34-,39?,56?/m0/s1. The zero-order chi connectivity index (χ0) is 40.1. The van der Waals surface area contributed by atoms with Crippen molar-refractivity contribution in [3.8, 4) is 23.0 Å². The highest BCUT2D eigenvalue weighted by Gasteiger charge is 2.47.